The normalized spacial score (nSPS) is 16.7. The predicted octanol–water partition coefficient (Wildman–Crippen LogP) is 6.09. The molecule has 1 aromatic heterocycles. The number of hydrogen-bond donors (Lipinski definition) is 0. The van der Waals surface area contributed by atoms with Crippen molar-refractivity contribution in [3.05, 3.63) is 99.0 Å². The van der Waals surface area contributed by atoms with Crippen LogP contribution in [0.1, 0.15) is 33.2 Å². The third-order valence-electron chi connectivity index (χ3n) is 5.09. The van der Waals surface area contributed by atoms with Crippen LogP contribution < -0.4 is 0 Å². The molecule has 0 fully saturated rings. The van der Waals surface area contributed by atoms with Crippen LogP contribution in [0.3, 0.4) is 0 Å². The van der Waals surface area contributed by atoms with Crippen LogP contribution in [0, 0.1) is 5.82 Å². The topological polar surface area (TPSA) is 20.3 Å². The van der Waals surface area contributed by atoms with Gasteiger partial charge < -0.3 is 4.90 Å². The van der Waals surface area contributed by atoms with Gasteiger partial charge in [0, 0.05) is 17.5 Å². The molecule has 30 heavy (non-hydrogen) atoms. The molecule has 0 N–H and O–H groups in total. The minimum atomic E-state index is -4.41. The van der Waals surface area contributed by atoms with Crippen molar-refractivity contribution in [1.82, 2.24) is 4.90 Å². The van der Waals surface area contributed by atoms with E-state index in [9.17, 15) is 22.4 Å². The maximum atomic E-state index is 13.1. The highest BCUT2D eigenvalue weighted by Crippen LogP contribution is 2.39. The molecule has 0 saturated heterocycles. The summed E-state index contributed by atoms with van der Waals surface area (Å²) in [5.74, 6) is -0.608. The molecule has 154 valence electrons. The third-order valence-corrected chi connectivity index (χ3v) is 6.09. The summed E-state index contributed by atoms with van der Waals surface area (Å²) in [6.07, 6.45) is -0.692. The number of hydrogen-bond acceptors (Lipinski definition) is 2. The average Bonchev–Trinajstić information content (AvgIpc) is 3.21. The second-order valence-corrected chi connectivity index (χ2v) is 7.99. The second kappa shape index (κ2) is 8.07. The summed E-state index contributed by atoms with van der Waals surface area (Å²) >= 11 is 1.59. The van der Waals surface area contributed by atoms with Crippen LogP contribution in [0.2, 0.25) is 0 Å². The molecule has 0 radical (unpaired) electrons. The number of fused-ring (bicyclic) bond motifs is 1. The quantitative estimate of drug-likeness (QED) is 0.363. The molecule has 1 unspecified atom stereocenters. The predicted molar refractivity (Wildman–Crippen MR) is 108 cm³/mol. The third kappa shape index (κ3) is 4.16. The molecule has 4 rings (SSSR count). The van der Waals surface area contributed by atoms with Crippen molar-refractivity contribution in [1.29, 1.82) is 0 Å². The van der Waals surface area contributed by atoms with Crippen molar-refractivity contribution in [3.8, 4) is 0 Å². The summed E-state index contributed by atoms with van der Waals surface area (Å²) in [5.41, 5.74) is 1.53. The minimum Gasteiger partial charge on any atom is -0.328 e. The summed E-state index contributed by atoms with van der Waals surface area (Å²) in [6.45, 7) is 0.464. The maximum absolute atomic E-state index is 13.1. The lowest BCUT2D eigenvalue weighted by molar-refractivity contribution is -0.137. The highest BCUT2D eigenvalue weighted by atomic mass is 32.1. The van der Waals surface area contributed by atoms with Gasteiger partial charge in [-0.15, -0.1) is 11.3 Å². The Bertz CT molecular complexity index is 1070. The number of carbonyl (C=O) groups is 1. The summed E-state index contributed by atoms with van der Waals surface area (Å²) in [5, 5.41) is 1.93. The smallest absolute Gasteiger partial charge is 0.328 e. The van der Waals surface area contributed by atoms with Gasteiger partial charge in [-0.3, -0.25) is 4.79 Å². The second-order valence-electron chi connectivity index (χ2n) is 6.99. The van der Waals surface area contributed by atoms with Crippen LogP contribution in [0.25, 0.3) is 6.08 Å². The van der Waals surface area contributed by atoms with Gasteiger partial charge >= 0.3 is 6.18 Å². The van der Waals surface area contributed by atoms with Crippen molar-refractivity contribution < 1.29 is 22.4 Å². The summed E-state index contributed by atoms with van der Waals surface area (Å²) in [4.78, 5) is 15.8. The van der Waals surface area contributed by atoms with E-state index in [0.717, 1.165) is 22.6 Å². The monoisotopic (exact) mass is 431 g/mol. The van der Waals surface area contributed by atoms with Crippen LogP contribution in [0.5, 0.6) is 0 Å². The molecule has 2 heterocycles. The molecular formula is C23H17F4NOS. The first kappa shape index (κ1) is 20.3. The van der Waals surface area contributed by atoms with Crippen molar-refractivity contribution in [3.63, 3.8) is 0 Å². The van der Waals surface area contributed by atoms with Gasteiger partial charge in [-0.05, 0) is 64.9 Å². The number of thiophene rings is 1. The van der Waals surface area contributed by atoms with Crippen molar-refractivity contribution >= 4 is 23.3 Å². The van der Waals surface area contributed by atoms with Crippen LogP contribution in [-0.4, -0.2) is 17.4 Å². The number of alkyl halides is 3. The van der Waals surface area contributed by atoms with Crippen LogP contribution in [0.15, 0.2) is 66.1 Å². The van der Waals surface area contributed by atoms with Crippen LogP contribution in [0.4, 0.5) is 17.6 Å². The average molecular weight is 431 g/mol. The van der Waals surface area contributed by atoms with E-state index in [1.54, 1.807) is 34.4 Å². The van der Waals surface area contributed by atoms with Gasteiger partial charge in [-0.2, -0.15) is 13.2 Å². The molecule has 0 saturated carbocycles. The molecule has 1 aliphatic heterocycles. The number of amides is 1. The van der Waals surface area contributed by atoms with E-state index in [-0.39, 0.29) is 11.7 Å². The standard InChI is InChI=1S/C23H17F4NOS/c24-18-8-1-15(2-9-18)3-10-21(29)28-13-11-20-19(12-14-30-20)22(28)16-4-6-17(7-5-16)23(25,26)27/h1-10,12,14,22H,11,13H2. The first-order chi connectivity index (χ1) is 14.3. The highest BCUT2D eigenvalue weighted by molar-refractivity contribution is 7.10. The van der Waals surface area contributed by atoms with E-state index in [2.05, 4.69) is 0 Å². The van der Waals surface area contributed by atoms with Crippen molar-refractivity contribution in [2.75, 3.05) is 6.54 Å². The first-order valence-corrected chi connectivity index (χ1v) is 10.2. The van der Waals surface area contributed by atoms with E-state index < -0.39 is 17.8 Å². The van der Waals surface area contributed by atoms with Gasteiger partial charge in [0.25, 0.3) is 0 Å². The zero-order valence-corrected chi connectivity index (χ0v) is 16.5. The molecule has 1 atom stereocenters. The van der Waals surface area contributed by atoms with Crippen molar-refractivity contribution in [2.45, 2.75) is 18.6 Å². The lowest BCUT2D eigenvalue weighted by Crippen LogP contribution is -2.39. The fraction of sp³-hybridized carbons (Fsp3) is 0.174. The van der Waals surface area contributed by atoms with Gasteiger partial charge in [0.1, 0.15) is 5.82 Å². The number of carbonyl (C=O) groups excluding carboxylic acids is 1. The zero-order valence-electron chi connectivity index (χ0n) is 15.7. The largest absolute Gasteiger partial charge is 0.416 e. The minimum absolute atomic E-state index is 0.249. The Labute approximate surface area is 175 Å². The maximum Gasteiger partial charge on any atom is 0.416 e. The molecular weight excluding hydrogens is 414 g/mol. The van der Waals surface area contributed by atoms with Gasteiger partial charge in [0.2, 0.25) is 5.91 Å². The molecule has 3 aromatic rings. The first-order valence-electron chi connectivity index (χ1n) is 9.30. The fourth-order valence-electron chi connectivity index (χ4n) is 3.60. The molecule has 0 bridgehead atoms. The Morgan fingerprint density at radius 1 is 1.03 bits per heavy atom. The molecule has 2 aromatic carbocycles. The Morgan fingerprint density at radius 3 is 2.40 bits per heavy atom. The van der Waals surface area contributed by atoms with Crippen LogP contribution in [-0.2, 0) is 17.4 Å². The van der Waals surface area contributed by atoms with E-state index in [1.165, 1.54) is 30.3 Å². The number of rotatable bonds is 3. The summed E-state index contributed by atoms with van der Waals surface area (Å²) < 4.78 is 51.9. The summed E-state index contributed by atoms with van der Waals surface area (Å²) in [7, 11) is 0. The number of nitrogens with zero attached hydrogens (tertiary/aromatic N) is 1. The van der Waals surface area contributed by atoms with E-state index in [4.69, 9.17) is 0 Å². The van der Waals surface area contributed by atoms with Crippen LogP contribution >= 0.6 is 11.3 Å². The van der Waals surface area contributed by atoms with E-state index >= 15 is 0 Å². The highest BCUT2D eigenvalue weighted by Gasteiger charge is 2.34. The molecule has 1 aliphatic rings. The Balaban J connectivity index is 1.64. The SMILES string of the molecule is O=C(C=Cc1ccc(F)cc1)N1CCc2sccc2C1c1ccc(C(F)(F)F)cc1. The Hall–Kier alpha value is -2.93. The fourth-order valence-corrected chi connectivity index (χ4v) is 4.51. The number of halogens is 4. The Kier molecular flexibility index (Phi) is 5.47. The molecule has 0 spiro atoms. The molecule has 0 aliphatic carbocycles. The molecule has 7 heteroatoms. The van der Waals surface area contributed by atoms with Gasteiger partial charge in [-0.25, -0.2) is 4.39 Å². The molecule has 2 nitrogen and oxygen atoms in total. The lowest BCUT2D eigenvalue weighted by atomic mass is 9.92. The van der Waals surface area contributed by atoms with E-state index in [0.29, 0.717) is 24.1 Å². The summed E-state index contributed by atoms with van der Waals surface area (Å²) in [6, 6.07) is 12.2. The van der Waals surface area contributed by atoms with Crippen molar-refractivity contribution in [2.24, 2.45) is 0 Å². The van der Waals surface area contributed by atoms with Gasteiger partial charge in [-0.1, -0.05) is 24.3 Å². The number of benzene rings is 2. The molecule has 1 amide bonds. The zero-order chi connectivity index (χ0) is 21.3. The van der Waals surface area contributed by atoms with Gasteiger partial charge in [0.05, 0.1) is 11.6 Å². The lowest BCUT2D eigenvalue weighted by Gasteiger charge is -2.35. The van der Waals surface area contributed by atoms with Gasteiger partial charge in [0.15, 0.2) is 0 Å². The Morgan fingerprint density at radius 2 is 1.73 bits per heavy atom. The van der Waals surface area contributed by atoms with E-state index in [1.807, 2.05) is 11.4 Å².